The van der Waals surface area contributed by atoms with Gasteiger partial charge in [0.2, 0.25) is 0 Å². The van der Waals surface area contributed by atoms with Gasteiger partial charge in [-0.05, 0) is 48.3 Å². The maximum atomic E-state index is 12.1. The van der Waals surface area contributed by atoms with Crippen molar-refractivity contribution in [3.05, 3.63) is 42.9 Å². The van der Waals surface area contributed by atoms with Crippen molar-refractivity contribution in [3.8, 4) is 0 Å². The molecule has 0 amide bonds. The Kier molecular flexibility index (Phi) is 4.99. The van der Waals surface area contributed by atoms with Crippen LogP contribution in [0.15, 0.2) is 27.6 Å². The average Bonchev–Trinajstić information content (AvgIpc) is 2.85. The molecule has 0 bridgehead atoms. The minimum absolute atomic E-state index is 0.0913. The number of anilines is 1. The summed E-state index contributed by atoms with van der Waals surface area (Å²) in [7, 11) is 0. The molecular weight excluding hydrogens is 338 g/mol. The highest BCUT2D eigenvalue weighted by Gasteiger charge is 2.13. The fraction of sp³-hybridized carbons (Fsp3) is 0.429. The van der Waals surface area contributed by atoms with Gasteiger partial charge in [0.25, 0.3) is 5.56 Å². The molecule has 2 rings (SSSR count). The van der Waals surface area contributed by atoms with Gasteiger partial charge in [-0.25, -0.2) is 4.68 Å². The van der Waals surface area contributed by atoms with Crippen LogP contribution >= 0.6 is 27.3 Å². The predicted molar refractivity (Wildman–Crippen MR) is 87.6 cm³/mol. The lowest BCUT2D eigenvalue weighted by molar-refractivity contribution is 0.565. The van der Waals surface area contributed by atoms with Crippen LogP contribution in [-0.2, 0) is 6.54 Å². The third kappa shape index (κ3) is 3.30. The molecular formula is C14H18BrN3OS. The van der Waals surface area contributed by atoms with Gasteiger partial charge in [-0.2, -0.15) is 5.10 Å². The van der Waals surface area contributed by atoms with Crippen molar-refractivity contribution in [1.29, 1.82) is 0 Å². The number of aryl methyl sites for hydroxylation is 2. The van der Waals surface area contributed by atoms with E-state index in [1.54, 1.807) is 17.5 Å². The van der Waals surface area contributed by atoms with Crippen LogP contribution in [-0.4, -0.2) is 9.78 Å². The molecule has 2 aromatic rings. The van der Waals surface area contributed by atoms with Crippen molar-refractivity contribution in [2.24, 2.45) is 0 Å². The zero-order chi connectivity index (χ0) is 14.7. The van der Waals surface area contributed by atoms with E-state index < -0.39 is 0 Å². The molecule has 1 atom stereocenters. The summed E-state index contributed by atoms with van der Waals surface area (Å²) in [5.41, 5.74) is 0.646. The second-order valence-corrected chi connectivity index (χ2v) is 6.83. The summed E-state index contributed by atoms with van der Waals surface area (Å²) in [5.74, 6) is 0. The number of halogens is 1. The Morgan fingerprint density at radius 2 is 2.25 bits per heavy atom. The molecule has 0 aromatic carbocycles. The highest BCUT2D eigenvalue weighted by atomic mass is 79.9. The summed E-state index contributed by atoms with van der Waals surface area (Å²) in [6.07, 6.45) is 2.59. The molecule has 6 heteroatoms. The first kappa shape index (κ1) is 15.3. The molecule has 1 unspecified atom stereocenters. The average molecular weight is 356 g/mol. The Balaban J connectivity index is 2.22. The zero-order valence-electron chi connectivity index (χ0n) is 11.8. The van der Waals surface area contributed by atoms with Crippen LogP contribution in [0.5, 0.6) is 0 Å². The van der Waals surface area contributed by atoms with E-state index in [4.69, 9.17) is 0 Å². The number of hydrogen-bond acceptors (Lipinski definition) is 4. The lowest BCUT2D eigenvalue weighted by Crippen LogP contribution is -2.24. The Morgan fingerprint density at radius 1 is 1.50 bits per heavy atom. The van der Waals surface area contributed by atoms with E-state index in [0.717, 1.165) is 12.1 Å². The van der Waals surface area contributed by atoms with E-state index >= 15 is 0 Å². The Hall–Kier alpha value is -1.14. The number of aromatic nitrogens is 2. The Morgan fingerprint density at radius 3 is 2.85 bits per heavy atom. The van der Waals surface area contributed by atoms with Gasteiger partial charge in [0.05, 0.1) is 17.9 Å². The van der Waals surface area contributed by atoms with Gasteiger partial charge in [-0.3, -0.25) is 4.79 Å². The van der Waals surface area contributed by atoms with Crippen LogP contribution < -0.4 is 10.9 Å². The van der Waals surface area contributed by atoms with Crippen molar-refractivity contribution >= 4 is 33.0 Å². The Bertz CT molecular complexity index is 650. The third-order valence-corrected chi connectivity index (χ3v) is 4.93. The lowest BCUT2D eigenvalue weighted by Gasteiger charge is -2.15. The summed E-state index contributed by atoms with van der Waals surface area (Å²) in [6.45, 7) is 6.83. The van der Waals surface area contributed by atoms with Gasteiger partial charge in [0, 0.05) is 16.3 Å². The first-order valence-electron chi connectivity index (χ1n) is 6.61. The topological polar surface area (TPSA) is 46.9 Å². The molecule has 0 aliphatic rings. The third-order valence-electron chi connectivity index (χ3n) is 2.98. The lowest BCUT2D eigenvalue weighted by atomic mass is 10.2. The summed E-state index contributed by atoms with van der Waals surface area (Å²) in [6, 6.07) is 4.36. The standard InChI is InChI=1S/C14H18BrN3OS/c1-4-7-18-14(19)13(15)11(8-16-18)17-10(3)12-6-5-9(2)20-12/h5-6,8,10,17H,4,7H2,1-3H3. The van der Waals surface area contributed by atoms with Gasteiger partial charge < -0.3 is 5.32 Å². The van der Waals surface area contributed by atoms with Crippen molar-refractivity contribution in [3.63, 3.8) is 0 Å². The number of thiophene rings is 1. The van der Waals surface area contributed by atoms with E-state index in [-0.39, 0.29) is 11.6 Å². The van der Waals surface area contributed by atoms with Crippen molar-refractivity contribution in [2.45, 2.75) is 39.8 Å². The van der Waals surface area contributed by atoms with Crippen molar-refractivity contribution in [1.82, 2.24) is 9.78 Å². The molecule has 0 aliphatic carbocycles. The molecule has 0 fully saturated rings. The highest BCUT2D eigenvalue weighted by Crippen LogP contribution is 2.27. The summed E-state index contributed by atoms with van der Waals surface area (Å²) in [4.78, 5) is 14.6. The minimum Gasteiger partial charge on any atom is -0.375 e. The molecule has 20 heavy (non-hydrogen) atoms. The summed E-state index contributed by atoms with van der Waals surface area (Å²) in [5, 5.41) is 7.53. The maximum Gasteiger partial charge on any atom is 0.283 e. The molecule has 2 heterocycles. The van der Waals surface area contributed by atoms with Gasteiger partial charge in [-0.1, -0.05) is 6.92 Å². The van der Waals surface area contributed by atoms with E-state index in [1.807, 2.05) is 6.92 Å². The second kappa shape index (κ2) is 6.54. The molecule has 0 radical (unpaired) electrons. The number of nitrogens with one attached hydrogen (secondary N) is 1. The molecule has 108 valence electrons. The van der Waals surface area contributed by atoms with Crippen molar-refractivity contribution in [2.75, 3.05) is 5.32 Å². The number of rotatable bonds is 5. The normalized spacial score (nSPS) is 12.4. The minimum atomic E-state index is -0.0913. The van der Waals surface area contributed by atoms with Crippen molar-refractivity contribution < 1.29 is 0 Å². The van der Waals surface area contributed by atoms with E-state index in [2.05, 4.69) is 52.3 Å². The van der Waals surface area contributed by atoms with Gasteiger partial charge in [-0.15, -0.1) is 11.3 Å². The van der Waals surface area contributed by atoms with Crippen LogP contribution in [0.2, 0.25) is 0 Å². The maximum absolute atomic E-state index is 12.1. The quantitative estimate of drug-likeness (QED) is 0.882. The summed E-state index contributed by atoms with van der Waals surface area (Å²) >= 11 is 5.13. The number of nitrogens with zero attached hydrogens (tertiary/aromatic N) is 2. The highest BCUT2D eigenvalue weighted by molar-refractivity contribution is 9.10. The molecule has 0 aliphatic heterocycles. The largest absolute Gasteiger partial charge is 0.375 e. The SMILES string of the molecule is CCCn1ncc(NC(C)c2ccc(C)s2)c(Br)c1=O. The van der Waals surface area contributed by atoms with Crippen LogP contribution in [0.3, 0.4) is 0 Å². The van der Waals surface area contributed by atoms with E-state index in [0.29, 0.717) is 11.0 Å². The first-order chi connectivity index (χ1) is 9.52. The van der Waals surface area contributed by atoms with Crippen LogP contribution in [0, 0.1) is 6.92 Å². The molecule has 1 N–H and O–H groups in total. The van der Waals surface area contributed by atoms with Crippen LogP contribution in [0.4, 0.5) is 5.69 Å². The van der Waals surface area contributed by atoms with E-state index in [9.17, 15) is 4.79 Å². The van der Waals surface area contributed by atoms with Crippen LogP contribution in [0.25, 0.3) is 0 Å². The fourth-order valence-electron chi connectivity index (χ4n) is 1.93. The number of hydrogen-bond donors (Lipinski definition) is 1. The smallest absolute Gasteiger partial charge is 0.283 e. The monoisotopic (exact) mass is 355 g/mol. The van der Waals surface area contributed by atoms with Gasteiger partial charge in [0.15, 0.2) is 0 Å². The molecule has 0 spiro atoms. The van der Waals surface area contributed by atoms with Crippen LogP contribution in [0.1, 0.15) is 36.1 Å². The molecule has 4 nitrogen and oxygen atoms in total. The summed E-state index contributed by atoms with van der Waals surface area (Å²) < 4.78 is 2.02. The van der Waals surface area contributed by atoms with Gasteiger partial charge >= 0.3 is 0 Å². The molecule has 2 aromatic heterocycles. The van der Waals surface area contributed by atoms with Gasteiger partial charge in [0.1, 0.15) is 4.47 Å². The second-order valence-electron chi connectivity index (χ2n) is 4.71. The zero-order valence-corrected chi connectivity index (χ0v) is 14.2. The Labute approximate surface area is 131 Å². The molecule has 0 saturated carbocycles. The first-order valence-corrected chi connectivity index (χ1v) is 8.22. The fourth-order valence-corrected chi connectivity index (χ4v) is 3.23. The molecule has 0 saturated heterocycles. The predicted octanol–water partition coefficient (Wildman–Crippen LogP) is 3.96. The van der Waals surface area contributed by atoms with E-state index in [1.165, 1.54) is 14.4 Å².